The van der Waals surface area contributed by atoms with Crippen molar-refractivity contribution in [3.63, 3.8) is 0 Å². The van der Waals surface area contributed by atoms with E-state index in [2.05, 4.69) is 5.10 Å². The van der Waals surface area contributed by atoms with Gasteiger partial charge in [-0.1, -0.05) is 0 Å². The molecule has 4 heteroatoms. The van der Waals surface area contributed by atoms with Gasteiger partial charge in [0.05, 0.1) is 11.7 Å². The van der Waals surface area contributed by atoms with E-state index in [1.165, 1.54) is 6.08 Å². The van der Waals surface area contributed by atoms with Crippen LogP contribution in [0.25, 0.3) is 6.08 Å². The number of aromatic nitrogens is 2. The van der Waals surface area contributed by atoms with Crippen molar-refractivity contribution in [2.24, 2.45) is 7.05 Å². The van der Waals surface area contributed by atoms with Gasteiger partial charge in [-0.25, -0.2) is 0 Å². The Balaban J connectivity index is 3.07. The van der Waals surface area contributed by atoms with E-state index in [0.717, 1.165) is 23.0 Å². The third-order valence-electron chi connectivity index (χ3n) is 1.95. The number of carboxylic acid groups (broad SMARTS) is 1. The Bertz CT molecular complexity index is 364. The van der Waals surface area contributed by atoms with Crippen LogP contribution in [0, 0.1) is 13.8 Å². The minimum absolute atomic E-state index is 0.817. The van der Waals surface area contributed by atoms with Gasteiger partial charge in [0.15, 0.2) is 0 Å². The van der Waals surface area contributed by atoms with Crippen molar-refractivity contribution in [3.8, 4) is 0 Å². The molecule has 0 fully saturated rings. The monoisotopic (exact) mass is 179 g/mol. The lowest BCUT2D eigenvalue weighted by molar-refractivity contribution is -0.297. The lowest BCUT2D eigenvalue weighted by atomic mass is 10.2. The molecule has 0 aliphatic heterocycles. The molecule has 70 valence electrons. The van der Waals surface area contributed by atoms with E-state index in [4.69, 9.17) is 0 Å². The maximum Gasteiger partial charge on any atom is 0.0668 e. The number of hydrogen-bond donors (Lipinski definition) is 0. The maximum atomic E-state index is 10.2. The van der Waals surface area contributed by atoms with Crippen molar-refractivity contribution in [2.75, 3.05) is 0 Å². The van der Waals surface area contributed by atoms with Crippen molar-refractivity contribution in [1.82, 2.24) is 9.78 Å². The maximum absolute atomic E-state index is 10.2. The van der Waals surface area contributed by atoms with Gasteiger partial charge in [-0.05, 0) is 26.0 Å². The highest BCUT2D eigenvalue weighted by Gasteiger charge is 2.04. The first kappa shape index (κ1) is 9.51. The predicted molar refractivity (Wildman–Crippen MR) is 46.7 cm³/mol. The minimum Gasteiger partial charge on any atom is -0.545 e. The van der Waals surface area contributed by atoms with Gasteiger partial charge in [-0.15, -0.1) is 0 Å². The number of carboxylic acids is 1. The number of aryl methyl sites for hydroxylation is 2. The number of hydrogen-bond acceptors (Lipinski definition) is 3. The van der Waals surface area contributed by atoms with E-state index in [1.54, 1.807) is 4.68 Å². The Morgan fingerprint density at radius 1 is 1.54 bits per heavy atom. The summed E-state index contributed by atoms with van der Waals surface area (Å²) in [6, 6.07) is 0. The fraction of sp³-hybridized carbons (Fsp3) is 0.333. The zero-order valence-corrected chi connectivity index (χ0v) is 7.87. The highest BCUT2D eigenvalue weighted by molar-refractivity contribution is 5.84. The minimum atomic E-state index is -1.19. The van der Waals surface area contributed by atoms with Gasteiger partial charge in [0.25, 0.3) is 0 Å². The molecule has 0 unspecified atom stereocenters. The van der Waals surface area contributed by atoms with Gasteiger partial charge in [0.1, 0.15) is 0 Å². The average molecular weight is 179 g/mol. The SMILES string of the molecule is Cc1nn(C)c(C)c1/C=C/C(=O)[O-]. The Hall–Kier alpha value is -1.58. The van der Waals surface area contributed by atoms with Crippen LogP contribution in [0.1, 0.15) is 17.0 Å². The van der Waals surface area contributed by atoms with Gasteiger partial charge in [0, 0.05) is 18.3 Å². The lowest BCUT2D eigenvalue weighted by Gasteiger charge is -1.95. The molecule has 0 aromatic carbocycles. The summed E-state index contributed by atoms with van der Waals surface area (Å²) in [4.78, 5) is 10.2. The van der Waals surface area contributed by atoms with Gasteiger partial charge in [-0.3, -0.25) is 4.68 Å². The van der Waals surface area contributed by atoms with Crippen LogP contribution in [0.4, 0.5) is 0 Å². The summed E-state index contributed by atoms with van der Waals surface area (Å²) in [7, 11) is 1.82. The molecule has 0 amide bonds. The van der Waals surface area contributed by atoms with Crippen LogP contribution < -0.4 is 5.11 Å². The second-order valence-corrected chi connectivity index (χ2v) is 2.86. The first-order valence-corrected chi connectivity index (χ1v) is 3.91. The van der Waals surface area contributed by atoms with Crippen molar-refractivity contribution in [3.05, 3.63) is 23.0 Å². The summed E-state index contributed by atoms with van der Waals surface area (Å²) in [6.07, 6.45) is 2.52. The Morgan fingerprint density at radius 3 is 2.54 bits per heavy atom. The molecule has 0 aliphatic carbocycles. The molecular formula is C9H11N2O2-. The second-order valence-electron chi connectivity index (χ2n) is 2.86. The normalized spacial score (nSPS) is 11.0. The number of carbonyl (C=O) groups is 1. The highest BCUT2D eigenvalue weighted by atomic mass is 16.4. The van der Waals surface area contributed by atoms with Crippen molar-refractivity contribution in [1.29, 1.82) is 0 Å². The van der Waals surface area contributed by atoms with Crippen LogP contribution in [0.3, 0.4) is 0 Å². The molecule has 4 nitrogen and oxygen atoms in total. The lowest BCUT2D eigenvalue weighted by Crippen LogP contribution is -2.18. The second kappa shape index (κ2) is 3.43. The standard InChI is InChI=1S/C9H12N2O2/c1-6-8(4-5-9(12)13)7(2)11(3)10-6/h4-5H,1-3H3,(H,12,13)/p-1/b5-4+. The molecule has 0 aliphatic rings. The van der Waals surface area contributed by atoms with Crippen LogP contribution in [0.5, 0.6) is 0 Å². The average Bonchev–Trinajstić information content (AvgIpc) is 2.24. The molecule has 13 heavy (non-hydrogen) atoms. The Labute approximate surface area is 76.5 Å². The van der Waals surface area contributed by atoms with Crippen LogP contribution in [-0.2, 0) is 11.8 Å². The molecule has 0 N–H and O–H groups in total. The molecule has 0 bridgehead atoms. The van der Waals surface area contributed by atoms with Gasteiger partial charge in [-0.2, -0.15) is 5.10 Å². The third kappa shape index (κ3) is 1.96. The van der Waals surface area contributed by atoms with Crippen LogP contribution >= 0.6 is 0 Å². The van der Waals surface area contributed by atoms with Crippen molar-refractivity contribution >= 4 is 12.0 Å². The van der Waals surface area contributed by atoms with Crippen LogP contribution in [0.2, 0.25) is 0 Å². The van der Waals surface area contributed by atoms with Gasteiger partial charge < -0.3 is 9.90 Å². The predicted octanol–water partition coefficient (Wildman–Crippen LogP) is -0.200. The van der Waals surface area contributed by atoms with Gasteiger partial charge >= 0.3 is 0 Å². The van der Waals surface area contributed by atoms with Crippen LogP contribution in [0.15, 0.2) is 6.08 Å². The quantitative estimate of drug-likeness (QED) is 0.591. The van der Waals surface area contributed by atoms with Gasteiger partial charge in [0.2, 0.25) is 0 Å². The molecule has 1 aromatic rings. The number of aliphatic carboxylic acids is 1. The third-order valence-corrected chi connectivity index (χ3v) is 1.95. The van der Waals surface area contributed by atoms with E-state index in [0.29, 0.717) is 0 Å². The summed E-state index contributed by atoms with van der Waals surface area (Å²) >= 11 is 0. The van der Waals surface area contributed by atoms with E-state index in [9.17, 15) is 9.90 Å². The summed E-state index contributed by atoms with van der Waals surface area (Å²) in [5.41, 5.74) is 2.60. The molecule has 1 rings (SSSR count). The molecule has 1 heterocycles. The molecular weight excluding hydrogens is 168 g/mol. The molecule has 0 atom stereocenters. The number of rotatable bonds is 2. The molecule has 0 saturated heterocycles. The topological polar surface area (TPSA) is 58.0 Å². The summed E-state index contributed by atoms with van der Waals surface area (Å²) in [5, 5.41) is 14.3. The zero-order chi connectivity index (χ0) is 10.0. The van der Waals surface area contributed by atoms with E-state index in [-0.39, 0.29) is 0 Å². The molecule has 0 spiro atoms. The molecule has 0 saturated carbocycles. The fourth-order valence-electron chi connectivity index (χ4n) is 1.18. The number of nitrogens with zero attached hydrogens (tertiary/aromatic N) is 2. The van der Waals surface area contributed by atoms with E-state index >= 15 is 0 Å². The van der Waals surface area contributed by atoms with E-state index < -0.39 is 5.97 Å². The Morgan fingerprint density at radius 2 is 2.15 bits per heavy atom. The molecule has 1 aromatic heterocycles. The first-order valence-electron chi connectivity index (χ1n) is 3.91. The van der Waals surface area contributed by atoms with Crippen molar-refractivity contribution in [2.45, 2.75) is 13.8 Å². The summed E-state index contributed by atoms with van der Waals surface area (Å²) < 4.78 is 1.71. The molecule has 0 radical (unpaired) electrons. The number of carbonyl (C=O) groups excluding carboxylic acids is 1. The summed E-state index contributed by atoms with van der Waals surface area (Å²) in [6.45, 7) is 3.72. The van der Waals surface area contributed by atoms with Crippen LogP contribution in [-0.4, -0.2) is 15.7 Å². The van der Waals surface area contributed by atoms with E-state index in [1.807, 2.05) is 20.9 Å². The largest absolute Gasteiger partial charge is 0.545 e. The Kier molecular flexibility index (Phi) is 2.51. The zero-order valence-electron chi connectivity index (χ0n) is 7.87. The highest BCUT2D eigenvalue weighted by Crippen LogP contribution is 2.12. The first-order chi connectivity index (χ1) is 6.02. The smallest absolute Gasteiger partial charge is 0.0668 e. The fourth-order valence-corrected chi connectivity index (χ4v) is 1.18. The van der Waals surface area contributed by atoms with Crippen molar-refractivity contribution < 1.29 is 9.90 Å². The summed E-state index contributed by atoms with van der Waals surface area (Å²) in [5.74, 6) is -1.19.